The van der Waals surface area contributed by atoms with Crippen molar-refractivity contribution in [2.45, 2.75) is 6.42 Å². The standard InChI is InChI=1S/C14H8BrClN2O4S/c15-12-7(6-3-5(16)1-2-8(6)23-12)4-9-17-10(14(21)22)11(19)13(20)18-9/h1-3,19H,4H2,(H,21,22)(H,17,18,20). The fourth-order valence-electron chi connectivity index (χ4n) is 2.17. The molecule has 9 heteroatoms. The topological polar surface area (TPSA) is 103 Å². The highest BCUT2D eigenvalue weighted by atomic mass is 79.9. The van der Waals surface area contributed by atoms with Gasteiger partial charge in [0.05, 0.1) is 3.79 Å². The molecular weight excluding hydrogens is 408 g/mol. The van der Waals surface area contributed by atoms with Gasteiger partial charge in [0.15, 0.2) is 5.69 Å². The molecule has 0 saturated heterocycles. The van der Waals surface area contributed by atoms with Crippen molar-refractivity contribution in [2.24, 2.45) is 0 Å². The normalized spacial score (nSPS) is 11.0. The van der Waals surface area contributed by atoms with Gasteiger partial charge in [0, 0.05) is 16.1 Å². The number of rotatable bonds is 3. The molecule has 0 saturated carbocycles. The number of carboxylic acid groups (broad SMARTS) is 1. The van der Waals surface area contributed by atoms with Crippen LogP contribution in [-0.4, -0.2) is 26.2 Å². The molecule has 3 aromatic rings. The Morgan fingerprint density at radius 1 is 1.43 bits per heavy atom. The number of benzene rings is 1. The molecule has 0 radical (unpaired) electrons. The second-order valence-corrected chi connectivity index (χ2v) is 7.49. The second kappa shape index (κ2) is 5.95. The van der Waals surface area contributed by atoms with Crippen LogP contribution < -0.4 is 5.56 Å². The first-order valence-electron chi connectivity index (χ1n) is 6.28. The van der Waals surface area contributed by atoms with Crippen LogP contribution in [0.1, 0.15) is 21.9 Å². The van der Waals surface area contributed by atoms with E-state index in [4.69, 9.17) is 16.7 Å². The minimum absolute atomic E-state index is 0.144. The number of hydrogen-bond donors (Lipinski definition) is 3. The van der Waals surface area contributed by atoms with Crippen molar-refractivity contribution in [3.05, 3.63) is 54.4 Å². The van der Waals surface area contributed by atoms with Gasteiger partial charge < -0.3 is 15.2 Å². The molecule has 0 bridgehead atoms. The summed E-state index contributed by atoms with van der Waals surface area (Å²) in [6.45, 7) is 0. The zero-order chi connectivity index (χ0) is 16.7. The van der Waals surface area contributed by atoms with E-state index in [2.05, 4.69) is 25.9 Å². The molecule has 23 heavy (non-hydrogen) atoms. The Labute approximate surface area is 146 Å². The van der Waals surface area contributed by atoms with E-state index in [1.807, 2.05) is 6.07 Å². The van der Waals surface area contributed by atoms with E-state index in [0.717, 1.165) is 19.4 Å². The van der Waals surface area contributed by atoms with Crippen LogP contribution in [0, 0.1) is 0 Å². The highest BCUT2D eigenvalue weighted by Gasteiger charge is 2.19. The molecule has 1 aromatic carbocycles. The van der Waals surface area contributed by atoms with Crippen LogP contribution in [0.2, 0.25) is 5.02 Å². The van der Waals surface area contributed by atoms with Crippen LogP contribution in [0.5, 0.6) is 5.75 Å². The number of nitrogens with one attached hydrogen (secondary N) is 1. The summed E-state index contributed by atoms with van der Waals surface area (Å²) in [7, 11) is 0. The average molecular weight is 416 g/mol. The number of aromatic nitrogens is 2. The van der Waals surface area contributed by atoms with Crippen molar-refractivity contribution < 1.29 is 15.0 Å². The lowest BCUT2D eigenvalue weighted by atomic mass is 10.1. The molecule has 0 aliphatic rings. The van der Waals surface area contributed by atoms with E-state index in [1.165, 1.54) is 11.3 Å². The minimum atomic E-state index is -1.47. The van der Waals surface area contributed by atoms with E-state index in [9.17, 15) is 14.7 Å². The monoisotopic (exact) mass is 414 g/mol. The van der Waals surface area contributed by atoms with Crippen LogP contribution in [-0.2, 0) is 6.42 Å². The smallest absolute Gasteiger partial charge is 0.358 e. The largest absolute Gasteiger partial charge is 0.501 e. The van der Waals surface area contributed by atoms with E-state index < -0.39 is 23.0 Å². The maximum absolute atomic E-state index is 11.7. The van der Waals surface area contributed by atoms with Gasteiger partial charge in [-0.3, -0.25) is 4.79 Å². The van der Waals surface area contributed by atoms with E-state index in [1.54, 1.807) is 12.1 Å². The fourth-order valence-corrected chi connectivity index (χ4v) is 4.15. The molecule has 0 unspecified atom stereocenters. The van der Waals surface area contributed by atoms with E-state index in [-0.39, 0.29) is 12.2 Å². The Morgan fingerprint density at radius 3 is 2.87 bits per heavy atom. The zero-order valence-corrected chi connectivity index (χ0v) is 14.4. The maximum atomic E-state index is 11.7. The number of carbonyl (C=O) groups is 1. The molecule has 0 amide bonds. The molecule has 0 atom stereocenters. The molecular formula is C14H8BrClN2O4S. The first-order chi connectivity index (χ1) is 10.9. The molecule has 3 N–H and O–H groups in total. The van der Waals surface area contributed by atoms with Crippen LogP contribution in [0.4, 0.5) is 0 Å². The lowest BCUT2D eigenvalue weighted by Crippen LogP contribution is -2.17. The third-order valence-corrected chi connectivity index (χ3v) is 5.40. The number of aromatic hydroxyl groups is 1. The predicted molar refractivity (Wildman–Crippen MR) is 90.8 cm³/mol. The van der Waals surface area contributed by atoms with Gasteiger partial charge in [-0.25, -0.2) is 9.78 Å². The molecule has 0 spiro atoms. The van der Waals surface area contributed by atoms with Crippen molar-refractivity contribution >= 4 is 54.9 Å². The first kappa shape index (κ1) is 16.0. The summed E-state index contributed by atoms with van der Waals surface area (Å²) in [4.78, 5) is 28.9. The van der Waals surface area contributed by atoms with Gasteiger partial charge in [-0.2, -0.15) is 0 Å². The Hall–Kier alpha value is -1.90. The molecule has 0 aliphatic heterocycles. The number of carboxylic acids is 1. The van der Waals surface area contributed by atoms with E-state index in [0.29, 0.717) is 5.02 Å². The number of nitrogens with zero attached hydrogens (tertiary/aromatic N) is 1. The number of fused-ring (bicyclic) bond motifs is 1. The number of thiophene rings is 1. The number of aromatic amines is 1. The third-order valence-electron chi connectivity index (χ3n) is 3.19. The maximum Gasteiger partial charge on any atom is 0.358 e. The van der Waals surface area contributed by atoms with Crippen molar-refractivity contribution in [3.8, 4) is 5.75 Å². The van der Waals surface area contributed by atoms with Crippen LogP contribution in [0.15, 0.2) is 26.8 Å². The SMILES string of the molecule is O=C(O)c1nc(Cc2c(Br)sc3ccc(Cl)cc23)[nH]c(=O)c1O. The second-order valence-electron chi connectivity index (χ2n) is 4.69. The highest BCUT2D eigenvalue weighted by molar-refractivity contribution is 9.11. The van der Waals surface area contributed by atoms with Gasteiger partial charge in [0.2, 0.25) is 5.75 Å². The van der Waals surface area contributed by atoms with Gasteiger partial charge in [0.25, 0.3) is 5.56 Å². The third kappa shape index (κ3) is 2.97. The molecule has 2 aromatic heterocycles. The lowest BCUT2D eigenvalue weighted by Gasteiger charge is -2.04. The Bertz CT molecular complexity index is 998. The van der Waals surface area contributed by atoms with Crippen molar-refractivity contribution in [1.82, 2.24) is 9.97 Å². The average Bonchev–Trinajstić information content (AvgIpc) is 2.78. The van der Waals surface area contributed by atoms with Gasteiger partial charge in [-0.15, -0.1) is 11.3 Å². The van der Waals surface area contributed by atoms with Crippen LogP contribution in [0.3, 0.4) is 0 Å². The van der Waals surface area contributed by atoms with Gasteiger partial charge in [0.1, 0.15) is 5.82 Å². The Balaban J connectivity index is 2.13. The first-order valence-corrected chi connectivity index (χ1v) is 8.27. The number of halogens is 2. The van der Waals surface area contributed by atoms with Crippen molar-refractivity contribution in [2.75, 3.05) is 0 Å². The molecule has 0 aliphatic carbocycles. The van der Waals surface area contributed by atoms with Crippen molar-refractivity contribution in [3.63, 3.8) is 0 Å². The summed E-state index contributed by atoms with van der Waals surface area (Å²) < 4.78 is 1.83. The number of H-pyrrole nitrogens is 1. The molecule has 118 valence electrons. The summed E-state index contributed by atoms with van der Waals surface area (Å²) in [5, 5.41) is 19.9. The molecule has 3 rings (SSSR count). The number of hydrogen-bond acceptors (Lipinski definition) is 5. The molecule has 2 heterocycles. The predicted octanol–water partition coefficient (Wildman–Crippen LogP) is 3.40. The molecule has 6 nitrogen and oxygen atoms in total. The lowest BCUT2D eigenvalue weighted by molar-refractivity contribution is 0.0686. The summed E-state index contributed by atoms with van der Waals surface area (Å²) >= 11 is 11.0. The summed E-state index contributed by atoms with van der Waals surface area (Å²) in [5.74, 6) is -2.23. The minimum Gasteiger partial charge on any atom is -0.501 e. The Kier molecular flexibility index (Phi) is 4.13. The zero-order valence-electron chi connectivity index (χ0n) is 11.3. The van der Waals surface area contributed by atoms with Crippen LogP contribution in [0.25, 0.3) is 10.1 Å². The quantitative estimate of drug-likeness (QED) is 0.608. The summed E-state index contributed by atoms with van der Waals surface area (Å²) in [6, 6.07) is 5.45. The van der Waals surface area contributed by atoms with Gasteiger partial charge in [-0.1, -0.05) is 11.6 Å². The van der Waals surface area contributed by atoms with Crippen LogP contribution >= 0.6 is 38.9 Å². The van der Waals surface area contributed by atoms with Crippen molar-refractivity contribution in [1.29, 1.82) is 0 Å². The number of aromatic carboxylic acids is 1. The van der Waals surface area contributed by atoms with Gasteiger partial charge >= 0.3 is 5.97 Å². The Morgan fingerprint density at radius 2 is 2.17 bits per heavy atom. The van der Waals surface area contributed by atoms with E-state index >= 15 is 0 Å². The van der Waals surface area contributed by atoms with Gasteiger partial charge in [-0.05, 0) is 45.1 Å². The molecule has 0 fully saturated rings. The fraction of sp³-hybridized carbons (Fsp3) is 0.0714. The summed E-state index contributed by atoms with van der Waals surface area (Å²) in [5.41, 5.74) is -0.726. The highest BCUT2D eigenvalue weighted by Crippen LogP contribution is 2.37. The summed E-state index contributed by atoms with van der Waals surface area (Å²) in [6.07, 6.45) is 0.191.